The largest absolute Gasteiger partial charge is 0.466 e. The fourth-order valence-electron chi connectivity index (χ4n) is 1.75. The number of ether oxygens (including phenoxy) is 1. The lowest BCUT2D eigenvalue weighted by atomic mass is 9.89. The highest BCUT2D eigenvalue weighted by Gasteiger charge is 2.08. The van der Waals surface area contributed by atoms with Crippen molar-refractivity contribution in [2.75, 3.05) is 7.11 Å². The number of allylic oxidation sites excluding steroid dienone is 3. The van der Waals surface area contributed by atoms with Gasteiger partial charge in [-0.3, -0.25) is 0 Å². The molecule has 1 aliphatic carbocycles. The number of rotatable bonds is 3. The van der Waals surface area contributed by atoms with Crippen molar-refractivity contribution in [1.82, 2.24) is 0 Å². The van der Waals surface area contributed by atoms with E-state index in [0.717, 1.165) is 0 Å². The van der Waals surface area contributed by atoms with Crippen LogP contribution < -0.4 is 0 Å². The maximum atomic E-state index is 10.7. The topological polar surface area (TPSA) is 26.3 Å². The van der Waals surface area contributed by atoms with Gasteiger partial charge in [-0.1, -0.05) is 37.5 Å². The molecule has 1 saturated carbocycles. The van der Waals surface area contributed by atoms with Crippen molar-refractivity contribution >= 4 is 5.97 Å². The average molecular weight is 194 g/mol. The van der Waals surface area contributed by atoms with Gasteiger partial charge in [-0.2, -0.15) is 0 Å². The quantitative estimate of drug-likeness (QED) is 0.392. The van der Waals surface area contributed by atoms with Gasteiger partial charge < -0.3 is 4.74 Å². The third kappa shape index (κ3) is 4.26. The van der Waals surface area contributed by atoms with Gasteiger partial charge in [0.15, 0.2) is 0 Å². The number of carbonyl (C=O) groups excluding carboxylic acids is 1. The van der Waals surface area contributed by atoms with Crippen molar-refractivity contribution in [3.05, 3.63) is 24.3 Å². The molecule has 0 aromatic carbocycles. The third-order valence-electron chi connectivity index (χ3n) is 2.58. The molecular formula is C12H18O2. The lowest BCUT2D eigenvalue weighted by molar-refractivity contribution is -0.134. The van der Waals surface area contributed by atoms with Gasteiger partial charge in [0.1, 0.15) is 0 Å². The van der Waals surface area contributed by atoms with E-state index in [2.05, 4.69) is 10.8 Å². The molecule has 0 aromatic rings. The van der Waals surface area contributed by atoms with Crippen LogP contribution in [0.1, 0.15) is 32.1 Å². The molecule has 0 heterocycles. The molecule has 0 aliphatic heterocycles. The molecule has 0 radical (unpaired) electrons. The molecule has 1 aliphatic rings. The second kappa shape index (κ2) is 6.41. The van der Waals surface area contributed by atoms with Gasteiger partial charge in [-0.25, -0.2) is 4.79 Å². The second-order valence-corrected chi connectivity index (χ2v) is 3.67. The zero-order chi connectivity index (χ0) is 10.2. The summed E-state index contributed by atoms with van der Waals surface area (Å²) in [4.78, 5) is 10.7. The van der Waals surface area contributed by atoms with Gasteiger partial charge in [0.05, 0.1) is 7.11 Å². The zero-order valence-electron chi connectivity index (χ0n) is 8.74. The van der Waals surface area contributed by atoms with Gasteiger partial charge in [-0.15, -0.1) is 0 Å². The summed E-state index contributed by atoms with van der Waals surface area (Å²) in [6, 6.07) is 0. The van der Waals surface area contributed by atoms with Crippen LogP contribution in [0.5, 0.6) is 0 Å². The van der Waals surface area contributed by atoms with E-state index in [1.165, 1.54) is 45.3 Å². The highest BCUT2D eigenvalue weighted by Crippen LogP contribution is 2.24. The molecule has 1 rings (SSSR count). The lowest BCUT2D eigenvalue weighted by Gasteiger charge is -2.17. The van der Waals surface area contributed by atoms with Crippen molar-refractivity contribution in [3.63, 3.8) is 0 Å². The molecule has 14 heavy (non-hydrogen) atoms. The summed E-state index contributed by atoms with van der Waals surface area (Å²) in [6.07, 6.45) is 14.0. The molecule has 78 valence electrons. The molecule has 0 unspecified atom stereocenters. The van der Waals surface area contributed by atoms with Gasteiger partial charge in [0.2, 0.25) is 0 Å². The smallest absolute Gasteiger partial charge is 0.330 e. The minimum absolute atomic E-state index is 0.293. The van der Waals surface area contributed by atoms with Crippen LogP contribution in [0.25, 0.3) is 0 Å². The molecule has 1 fully saturated rings. The lowest BCUT2D eigenvalue weighted by Crippen LogP contribution is -2.02. The summed E-state index contributed by atoms with van der Waals surface area (Å²) in [5, 5.41) is 0. The van der Waals surface area contributed by atoms with Crippen molar-refractivity contribution in [2.24, 2.45) is 5.92 Å². The van der Waals surface area contributed by atoms with E-state index in [1.54, 1.807) is 6.08 Å². The number of methoxy groups -OCH3 is 1. The summed E-state index contributed by atoms with van der Waals surface area (Å²) >= 11 is 0. The van der Waals surface area contributed by atoms with Crippen LogP contribution in [0.2, 0.25) is 0 Å². The number of esters is 1. The first-order valence-electron chi connectivity index (χ1n) is 5.26. The van der Waals surface area contributed by atoms with Crippen molar-refractivity contribution in [2.45, 2.75) is 32.1 Å². The van der Waals surface area contributed by atoms with E-state index in [9.17, 15) is 4.79 Å². The summed E-state index contributed by atoms with van der Waals surface area (Å²) in [5.41, 5.74) is 0. The Morgan fingerprint density at radius 2 is 1.93 bits per heavy atom. The number of hydrogen-bond acceptors (Lipinski definition) is 2. The zero-order valence-corrected chi connectivity index (χ0v) is 8.74. The van der Waals surface area contributed by atoms with Gasteiger partial charge in [-0.05, 0) is 18.8 Å². The Morgan fingerprint density at radius 3 is 2.57 bits per heavy atom. The number of hydrogen-bond donors (Lipinski definition) is 0. The standard InChI is InChI=1S/C12H18O2/c1-14-12(13)10-6-5-9-11-7-3-2-4-8-11/h5-6,9-11H,2-4,7-8H2,1H3. The summed E-state index contributed by atoms with van der Waals surface area (Å²) in [7, 11) is 1.39. The van der Waals surface area contributed by atoms with Crippen LogP contribution in [-0.4, -0.2) is 13.1 Å². The maximum absolute atomic E-state index is 10.7. The number of carbonyl (C=O) groups is 1. The van der Waals surface area contributed by atoms with Crippen LogP contribution in [0.4, 0.5) is 0 Å². The molecule has 0 bridgehead atoms. The Balaban J connectivity index is 2.24. The van der Waals surface area contributed by atoms with E-state index in [1.807, 2.05) is 6.08 Å². The fourth-order valence-corrected chi connectivity index (χ4v) is 1.75. The molecule has 0 amide bonds. The Hall–Kier alpha value is -1.05. The molecular weight excluding hydrogens is 176 g/mol. The monoisotopic (exact) mass is 194 g/mol. The molecule has 2 nitrogen and oxygen atoms in total. The van der Waals surface area contributed by atoms with Gasteiger partial charge in [0, 0.05) is 6.08 Å². The van der Waals surface area contributed by atoms with Crippen LogP contribution in [0.15, 0.2) is 24.3 Å². The highest BCUT2D eigenvalue weighted by atomic mass is 16.5. The maximum Gasteiger partial charge on any atom is 0.330 e. The minimum Gasteiger partial charge on any atom is -0.466 e. The first-order valence-corrected chi connectivity index (χ1v) is 5.26. The van der Waals surface area contributed by atoms with Crippen molar-refractivity contribution < 1.29 is 9.53 Å². The highest BCUT2D eigenvalue weighted by molar-refractivity contribution is 5.82. The van der Waals surface area contributed by atoms with Gasteiger partial charge >= 0.3 is 5.97 Å². The van der Waals surface area contributed by atoms with E-state index < -0.39 is 0 Å². The van der Waals surface area contributed by atoms with E-state index in [0.29, 0.717) is 5.92 Å². The molecule has 0 atom stereocenters. The van der Waals surface area contributed by atoms with E-state index >= 15 is 0 Å². The summed E-state index contributed by atoms with van der Waals surface area (Å²) < 4.78 is 4.48. The summed E-state index contributed by atoms with van der Waals surface area (Å²) in [5.74, 6) is 0.421. The normalized spacial score (nSPS) is 19.2. The Bertz CT molecular complexity index is 222. The van der Waals surface area contributed by atoms with Gasteiger partial charge in [0.25, 0.3) is 0 Å². The fraction of sp³-hybridized carbons (Fsp3) is 0.583. The Kier molecular flexibility index (Phi) is 5.05. The van der Waals surface area contributed by atoms with Crippen LogP contribution in [0.3, 0.4) is 0 Å². The Morgan fingerprint density at radius 1 is 1.21 bits per heavy atom. The molecule has 0 saturated heterocycles. The predicted octanol–water partition coefficient (Wildman–Crippen LogP) is 2.85. The molecule has 0 aromatic heterocycles. The van der Waals surface area contributed by atoms with Crippen LogP contribution >= 0.6 is 0 Å². The molecule has 0 N–H and O–H groups in total. The van der Waals surface area contributed by atoms with Crippen LogP contribution in [0, 0.1) is 5.92 Å². The molecule has 2 heteroatoms. The second-order valence-electron chi connectivity index (χ2n) is 3.67. The molecule has 0 spiro atoms. The minimum atomic E-state index is -0.293. The van der Waals surface area contributed by atoms with Crippen molar-refractivity contribution in [1.29, 1.82) is 0 Å². The van der Waals surface area contributed by atoms with Crippen molar-refractivity contribution in [3.8, 4) is 0 Å². The SMILES string of the molecule is COC(=O)C=CC=CC1CCCCC1. The first kappa shape index (κ1) is 11.0. The first-order chi connectivity index (χ1) is 6.83. The van der Waals surface area contributed by atoms with Crippen LogP contribution in [-0.2, 0) is 9.53 Å². The van der Waals surface area contributed by atoms with E-state index in [-0.39, 0.29) is 5.97 Å². The predicted molar refractivity (Wildman–Crippen MR) is 56.9 cm³/mol. The third-order valence-corrected chi connectivity index (χ3v) is 2.58. The summed E-state index contributed by atoms with van der Waals surface area (Å²) in [6.45, 7) is 0. The average Bonchev–Trinajstić information content (AvgIpc) is 2.25. The van der Waals surface area contributed by atoms with E-state index in [4.69, 9.17) is 0 Å². The Labute approximate surface area is 85.6 Å².